The van der Waals surface area contributed by atoms with E-state index in [2.05, 4.69) is 161 Å². The molecule has 1 saturated heterocycles. The van der Waals surface area contributed by atoms with Crippen LogP contribution in [0.4, 0.5) is 68.9 Å². The quantitative estimate of drug-likeness (QED) is 0.0181. The number of aliphatic carboxylic acids is 4. The summed E-state index contributed by atoms with van der Waals surface area (Å²) in [6, 6.07) is 29.6. The molecular weight excluding hydrogens is 1570 g/mol. The van der Waals surface area contributed by atoms with Crippen LogP contribution in [0.25, 0.3) is 0 Å². The van der Waals surface area contributed by atoms with E-state index in [1.54, 1.807) is 61.4 Å². The van der Waals surface area contributed by atoms with E-state index in [0.717, 1.165) is 159 Å². The molecule has 26 nitrogen and oxygen atoms in total. The van der Waals surface area contributed by atoms with Crippen molar-refractivity contribution in [3.63, 3.8) is 0 Å². The second kappa shape index (κ2) is 42.7. The number of pyridine rings is 5. The van der Waals surface area contributed by atoms with Gasteiger partial charge in [-0.2, -0.15) is 5.26 Å². The molecule has 7 heterocycles. The number of benzene rings is 2. The van der Waals surface area contributed by atoms with E-state index >= 15 is 0 Å². The minimum atomic E-state index is -0.860. The number of hydrogen-bond acceptors (Lipinski definition) is 22. The second-order valence-electron chi connectivity index (χ2n) is 35.0. The van der Waals surface area contributed by atoms with Crippen LogP contribution in [0.1, 0.15) is 201 Å². The van der Waals surface area contributed by atoms with Crippen molar-refractivity contribution in [3.8, 4) is 12.1 Å². The fourth-order valence-electron chi connectivity index (χ4n) is 15.8. The third-order valence-electron chi connectivity index (χ3n) is 22.5. The van der Waals surface area contributed by atoms with E-state index in [1.807, 2.05) is 61.5 Å². The number of aromatic nitrogens is 7. The molecule has 5 aliphatic rings. The maximum absolute atomic E-state index is 12.1. The smallest absolute Gasteiger partial charge is 0.316 e. The molecule has 2 aromatic carbocycles. The van der Waals surface area contributed by atoms with Gasteiger partial charge in [-0.05, 0) is 216 Å². The maximum atomic E-state index is 12.1. The molecule has 0 radical (unpaired) electrons. The largest absolute Gasteiger partial charge is 0.481 e. The fraction of sp³-hybridized carbons (Fsp3) is 0.505. The molecule has 5 fully saturated rings. The van der Waals surface area contributed by atoms with Gasteiger partial charge in [0.25, 0.3) is 0 Å². The van der Waals surface area contributed by atoms with Crippen molar-refractivity contribution >= 4 is 116 Å². The van der Waals surface area contributed by atoms with Crippen molar-refractivity contribution in [1.82, 2.24) is 34.9 Å². The highest BCUT2D eigenvalue weighted by Crippen LogP contribution is 2.50. The van der Waals surface area contributed by atoms with Gasteiger partial charge >= 0.3 is 29.9 Å². The number of anilines is 12. The molecule has 0 amide bonds. The highest BCUT2D eigenvalue weighted by atomic mass is 35.5. The fourth-order valence-corrected chi connectivity index (χ4v) is 16.1. The lowest BCUT2D eigenvalue weighted by Crippen LogP contribution is -2.42. The highest BCUT2D eigenvalue weighted by Gasteiger charge is 2.49. The first-order valence-corrected chi connectivity index (χ1v) is 43.5. The molecule has 648 valence electrons. The number of nitrogens with one attached hydrogen (secondary N) is 4. The van der Waals surface area contributed by atoms with Gasteiger partial charge in [-0.25, -0.2) is 34.9 Å². The van der Waals surface area contributed by atoms with Gasteiger partial charge in [-0.1, -0.05) is 124 Å². The molecule has 13 rings (SSSR count). The molecular formula is C93H122Cl2N16O10. The predicted molar refractivity (Wildman–Crippen MR) is 481 cm³/mol. The Kier molecular flexibility index (Phi) is 32.7. The standard InChI is InChI=1S/C24H31N5O2.C23H31ClN4O2.C23H28ClN3O2.C23H32N4O4/c1-16(2)14-29(15-17(3)4)22-20(28-21-7-6-18(11-25)12-26-21)10-19(13-27-22)24(23(30)31)8-5-9-24;1-15(2)13-28(14-16(3)4)21-19(27-20-7-6-18(24)12-25-20)10-17(11-26-21)23(22(29)30)8-5-9-23;1-15(2)27(14-16-4-5-16)20-8-6-17(23(22(28)29)10-3-11-23)12-19(20)26-21-9-7-18(24)13-25-21;1-4-31-23-24-13-18(14-25-23)26-20-11-17(12-22(28)29)5-6-21(20)27(15-16(2)3)19-7-9-30-10-8-19/h6-7,10,12-13,16-17H,5,8-9,14-15H2,1-4H3,(H,26,28)(H,30,31);6-7,10-12,15-16H,5,8-9,13-14H2,1-4H3,(H,25,27)(H,29,30);6-9,12-13,15-16H,3-5,10-11,14H2,1-2H3,(H,25,26)(H,28,29);5-6,11,13-14,16,19,26H,4,7-10,12,15H2,1-3H3,(H,28,29). The minimum absolute atomic E-state index is 0.0316. The first-order valence-electron chi connectivity index (χ1n) is 42.7. The second-order valence-corrected chi connectivity index (χ2v) is 35.9. The van der Waals surface area contributed by atoms with Crippen molar-refractivity contribution in [1.29, 1.82) is 5.26 Å². The van der Waals surface area contributed by atoms with Crippen LogP contribution in [0.15, 0.2) is 128 Å². The minimum Gasteiger partial charge on any atom is -0.481 e. The molecule has 1 aliphatic heterocycles. The summed E-state index contributed by atoms with van der Waals surface area (Å²) >= 11 is 12.0. The van der Waals surface area contributed by atoms with Crippen LogP contribution in [0.2, 0.25) is 10.0 Å². The number of carboxylic acids is 4. The number of carbonyl (C=O) groups is 4. The summed E-state index contributed by atoms with van der Waals surface area (Å²) in [6.07, 6.45) is 22.7. The van der Waals surface area contributed by atoms with Crippen LogP contribution in [-0.4, -0.2) is 150 Å². The third kappa shape index (κ3) is 24.8. The molecule has 0 unspecified atom stereocenters. The summed E-state index contributed by atoms with van der Waals surface area (Å²) in [5, 5.41) is 62.6. The van der Waals surface area contributed by atoms with E-state index < -0.39 is 40.1 Å². The Labute approximate surface area is 723 Å². The molecule has 8 aromatic rings. The number of halogens is 2. The zero-order chi connectivity index (χ0) is 87.3. The van der Waals surface area contributed by atoms with Gasteiger partial charge in [-0.15, -0.1) is 0 Å². The Bertz CT molecular complexity index is 4760. The van der Waals surface area contributed by atoms with Crippen molar-refractivity contribution < 1.29 is 49.1 Å². The van der Waals surface area contributed by atoms with Crippen molar-refractivity contribution in [2.75, 3.05) is 100.0 Å². The van der Waals surface area contributed by atoms with Gasteiger partial charge in [0.2, 0.25) is 0 Å². The van der Waals surface area contributed by atoms with Crippen molar-refractivity contribution in [2.24, 2.45) is 35.5 Å². The predicted octanol–water partition coefficient (Wildman–Crippen LogP) is 19.7. The normalized spacial score (nSPS) is 15.5. The maximum Gasteiger partial charge on any atom is 0.316 e. The van der Waals surface area contributed by atoms with E-state index in [1.165, 1.54) is 19.0 Å². The van der Waals surface area contributed by atoms with Crippen LogP contribution in [0.3, 0.4) is 0 Å². The first-order chi connectivity index (χ1) is 57.8. The lowest BCUT2D eigenvalue weighted by atomic mass is 9.64. The van der Waals surface area contributed by atoms with E-state index in [9.17, 15) is 39.6 Å². The molecule has 4 saturated carbocycles. The number of carboxylic acid groups (broad SMARTS) is 4. The third-order valence-corrected chi connectivity index (χ3v) is 22.9. The molecule has 0 atom stereocenters. The van der Waals surface area contributed by atoms with Crippen molar-refractivity contribution in [3.05, 3.63) is 166 Å². The number of rotatable bonds is 36. The zero-order valence-corrected chi connectivity index (χ0v) is 73.9. The van der Waals surface area contributed by atoms with Crippen LogP contribution in [0.5, 0.6) is 6.01 Å². The molecule has 6 aromatic heterocycles. The van der Waals surface area contributed by atoms with Gasteiger partial charge in [0.1, 0.15) is 23.5 Å². The van der Waals surface area contributed by atoms with Crippen LogP contribution >= 0.6 is 23.2 Å². The Morgan fingerprint density at radius 3 is 1.33 bits per heavy atom. The SMILES string of the molecule is CC(C)CN(CC(C)C)c1ncc(C2(C(=O)O)CCC2)cc1Nc1ccc(C#N)cn1.CC(C)CN(CC(C)C)c1ncc(C2(C(=O)O)CCC2)cc1Nc1ccc(Cl)cn1.CC(C)N(CC1CC1)c1ccc(C2(C(=O)O)CCC2)cc1Nc1ccc(Cl)cn1.CCOc1ncc(Nc2cc(CC(=O)O)ccc2N(CC(C)C)C2CCOCC2)cn1. The van der Waals surface area contributed by atoms with Gasteiger partial charge in [0, 0.05) is 95.6 Å². The summed E-state index contributed by atoms with van der Waals surface area (Å²) in [6.45, 7) is 35.4. The average molecular weight is 1700 g/mol. The number of ether oxygens (including phenoxy) is 2. The summed E-state index contributed by atoms with van der Waals surface area (Å²) < 4.78 is 10.9. The lowest BCUT2D eigenvalue weighted by Gasteiger charge is -2.39. The Morgan fingerprint density at radius 1 is 0.504 bits per heavy atom. The average Bonchev–Trinajstić information content (AvgIpc) is 1.73. The van der Waals surface area contributed by atoms with E-state index in [0.29, 0.717) is 132 Å². The summed E-state index contributed by atoms with van der Waals surface area (Å²) in [5.74, 6) is 3.41. The molecule has 28 heteroatoms. The van der Waals surface area contributed by atoms with Crippen molar-refractivity contribution in [2.45, 2.75) is 208 Å². The van der Waals surface area contributed by atoms with E-state index in [-0.39, 0.29) is 6.42 Å². The Morgan fingerprint density at radius 2 is 0.942 bits per heavy atom. The van der Waals surface area contributed by atoms with Crippen LogP contribution < -0.4 is 45.6 Å². The Hall–Kier alpha value is -10.6. The molecule has 0 bridgehead atoms. The molecule has 0 spiro atoms. The van der Waals surface area contributed by atoms with Gasteiger partial charge in [0.05, 0.1) is 97.1 Å². The number of hydrogen-bond donors (Lipinski definition) is 8. The zero-order valence-electron chi connectivity index (χ0n) is 72.4. The topological polar surface area (TPSA) is 343 Å². The van der Waals surface area contributed by atoms with Crippen LogP contribution in [-0.2, 0) is 46.6 Å². The summed E-state index contributed by atoms with van der Waals surface area (Å²) in [7, 11) is 0. The van der Waals surface area contributed by atoms with E-state index in [4.69, 9.17) is 47.9 Å². The lowest BCUT2D eigenvalue weighted by molar-refractivity contribution is -0.148. The number of nitrogens with zero attached hydrogens (tertiary/aromatic N) is 12. The summed E-state index contributed by atoms with van der Waals surface area (Å²) in [4.78, 5) is 87.8. The summed E-state index contributed by atoms with van der Waals surface area (Å²) in [5.41, 5.74) is 7.21. The number of nitriles is 1. The van der Waals surface area contributed by atoms with Crippen LogP contribution in [0, 0.1) is 46.8 Å². The van der Waals surface area contributed by atoms with Gasteiger partial charge in [-0.3, -0.25) is 19.2 Å². The first kappa shape index (κ1) is 92.7. The molecule has 8 N–H and O–H groups in total. The van der Waals surface area contributed by atoms with Gasteiger partial charge < -0.3 is 70.8 Å². The Balaban J connectivity index is 0.000000169. The van der Waals surface area contributed by atoms with Gasteiger partial charge in [0.15, 0.2) is 11.6 Å². The monoisotopic (exact) mass is 1690 g/mol. The highest BCUT2D eigenvalue weighted by molar-refractivity contribution is 6.30. The molecule has 4 aliphatic carbocycles. The molecule has 121 heavy (non-hydrogen) atoms.